The average Bonchev–Trinajstić information content (AvgIpc) is 2.69. The molecular weight excluding hydrogens is 328 g/mol. The first-order valence-corrected chi connectivity index (χ1v) is 9.76. The van der Waals surface area contributed by atoms with Gasteiger partial charge in [0, 0.05) is 52.4 Å². The van der Waals surface area contributed by atoms with Gasteiger partial charge in [0.15, 0.2) is 0 Å². The highest BCUT2D eigenvalue weighted by atomic mass is 16.2. The van der Waals surface area contributed by atoms with Crippen LogP contribution in [0, 0.1) is 5.92 Å². The minimum atomic E-state index is -0.457. The van der Waals surface area contributed by atoms with Gasteiger partial charge in [-0.2, -0.15) is 0 Å². The number of hydrogen-bond donors (Lipinski definition) is 2. The van der Waals surface area contributed by atoms with E-state index >= 15 is 0 Å². The van der Waals surface area contributed by atoms with E-state index < -0.39 is 5.91 Å². The van der Waals surface area contributed by atoms with Crippen molar-refractivity contribution in [2.45, 2.75) is 19.3 Å². The van der Waals surface area contributed by atoms with E-state index in [1.54, 1.807) is 4.90 Å². The number of carbonyl (C=O) groups excluding carboxylic acids is 2. The van der Waals surface area contributed by atoms with Crippen molar-refractivity contribution < 1.29 is 9.59 Å². The molecule has 3 rings (SSSR count). The summed E-state index contributed by atoms with van der Waals surface area (Å²) in [6.45, 7) is 6.69. The van der Waals surface area contributed by atoms with Crippen molar-refractivity contribution in [3.63, 3.8) is 0 Å². The third kappa shape index (κ3) is 5.54. The van der Waals surface area contributed by atoms with E-state index in [0.717, 1.165) is 52.0 Å². The average molecular weight is 358 g/mol. The Hall–Kier alpha value is -1.92. The molecule has 2 N–H and O–H groups in total. The van der Waals surface area contributed by atoms with E-state index in [9.17, 15) is 9.59 Å². The van der Waals surface area contributed by atoms with Crippen LogP contribution < -0.4 is 10.6 Å². The predicted octanol–water partition coefficient (Wildman–Crippen LogP) is 0.489. The highest BCUT2D eigenvalue weighted by Gasteiger charge is 2.27. The lowest BCUT2D eigenvalue weighted by Gasteiger charge is -2.31. The summed E-state index contributed by atoms with van der Waals surface area (Å²) in [5.41, 5.74) is 1.35. The molecule has 6 nitrogen and oxygen atoms in total. The number of carbonyl (C=O) groups is 2. The van der Waals surface area contributed by atoms with Gasteiger partial charge in [0.1, 0.15) is 0 Å². The third-order valence-electron chi connectivity index (χ3n) is 5.39. The Morgan fingerprint density at radius 2 is 1.73 bits per heavy atom. The van der Waals surface area contributed by atoms with Crippen LogP contribution in [0.4, 0.5) is 0 Å². The fourth-order valence-electron chi connectivity index (χ4n) is 3.77. The quantitative estimate of drug-likeness (QED) is 0.752. The van der Waals surface area contributed by atoms with Crippen LogP contribution in [0.1, 0.15) is 18.4 Å². The smallest absolute Gasteiger partial charge is 0.311 e. The molecule has 0 aliphatic carbocycles. The Balaban J connectivity index is 1.35. The number of hydrogen-bond acceptors (Lipinski definition) is 4. The molecule has 1 aromatic carbocycles. The summed E-state index contributed by atoms with van der Waals surface area (Å²) in [5.74, 6) is -0.234. The summed E-state index contributed by atoms with van der Waals surface area (Å²) in [7, 11) is 0. The molecule has 0 spiro atoms. The maximum atomic E-state index is 12.3. The third-order valence-corrected chi connectivity index (χ3v) is 5.39. The maximum absolute atomic E-state index is 12.3. The largest absolute Gasteiger partial charge is 0.347 e. The van der Waals surface area contributed by atoms with Crippen molar-refractivity contribution in [2.24, 2.45) is 5.92 Å². The fraction of sp³-hybridized carbons (Fsp3) is 0.600. The number of benzene rings is 1. The van der Waals surface area contributed by atoms with Crippen molar-refractivity contribution in [2.75, 3.05) is 52.4 Å². The minimum Gasteiger partial charge on any atom is -0.347 e. The molecule has 1 aromatic rings. The molecule has 0 radical (unpaired) electrons. The van der Waals surface area contributed by atoms with Crippen LogP contribution in [0.15, 0.2) is 30.3 Å². The number of nitrogens with zero attached hydrogens (tertiary/aromatic N) is 2. The molecule has 2 aliphatic rings. The Bertz CT molecular complexity index is 579. The lowest BCUT2D eigenvalue weighted by Crippen LogP contribution is -2.49. The first kappa shape index (κ1) is 18.9. The van der Waals surface area contributed by atoms with Gasteiger partial charge in [-0.05, 0) is 30.7 Å². The summed E-state index contributed by atoms with van der Waals surface area (Å²) >= 11 is 0. The van der Waals surface area contributed by atoms with Crippen molar-refractivity contribution in [1.82, 2.24) is 20.4 Å². The van der Waals surface area contributed by atoms with E-state index in [-0.39, 0.29) is 5.91 Å². The topological polar surface area (TPSA) is 64.7 Å². The van der Waals surface area contributed by atoms with Crippen molar-refractivity contribution in [1.29, 1.82) is 0 Å². The zero-order valence-corrected chi connectivity index (χ0v) is 15.5. The molecule has 142 valence electrons. The summed E-state index contributed by atoms with van der Waals surface area (Å²) in [5, 5.41) is 6.09. The molecule has 0 bridgehead atoms. The Labute approximate surface area is 155 Å². The first-order valence-electron chi connectivity index (χ1n) is 9.76. The van der Waals surface area contributed by atoms with E-state index in [1.165, 1.54) is 5.56 Å². The number of piperidine rings is 1. The molecule has 2 heterocycles. The zero-order chi connectivity index (χ0) is 18.2. The van der Waals surface area contributed by atoms with E-state index in [1.807, 2.05) is 6.07 Å². The van der Waals surface area contributed by atoms with Crippen LogP contribution >= 0.6 is 0 Å². The SMILES string of the molecule is O=C(NCCN1CCNCC1)C(=O)N1CCC(Cc2ccccc2)CC1. The molecule has 0 saturated carbocycles. The first-order chi connectivity index (χ1) is 12.7. The Morgan fingerprint density at radius 1 is 1.04 bits per heavy atom. The second-order valence-corrected chi connectivity index (χ2v) is 7.27. The van der Waals surface area contributed by atoms with E-state index in [0.29, 0.717) is 25.6 Å². The molecule has 2 aliphatic heterocycles. The lowest BCUT2D eigenvalue weighted by atomic mass is 9.90. The van der Waals surface area contributed by atoms with Gasteiger partial charge in [-0.25, -0.2) is 0 Å². The van der Waals surface area contributed by atoms with Crippen LogP contribution in [0.25, 0.3) is 0 Å². The predicted molar refractivity (Wildman–Crippen MR) is 102 cm³/mol. The Kier molecular flexibility index (Phi) is 7.03. The van der Waals surface area contributed by atoms with Crippen LogP contribution in [-0.2, 0) is 16.0 Å². The molecule has 0 unspecified atom stereocenters. The molecular formula is C20H30N4O2. The lowest BCUT2D eigenvalue weighted by molar-refractivity contribution is -0.146. The van der Waals surface area contributed by atoms with Crippen LogP contribution in [-0.4, -0.2) is 74.0 Å². The summed E-state index contributed by atoms with van der Waals surface area (Å²) in [6.07, 6.45) is 2.99. The van der Waals surface area contributed by atoms with Gasteiger partial charge in [0.05, 0.1) is 0 Å². The molecule has 26 heavy (non-hydrogen) atoms. The van der Waals surface area contributed by atoms with Gasteiger partial charge in [0.2, 0.25) is 0 Å². The zero-order valence-electron chi connectivity index (χ0n) is 15.5. The number of likely N-dealkylation sites (tertiary alicyclic amines) is 1. The molecule has 2 saturated heterocycles. The van der Waals surface area contributed by atoms with E-state index in [2.05, 4.69) is 39.8 Å². The van der Waals surface area contributed by atoms with Gasteiger partial charge in [-0.15, -0.1) is 0 Å². The van der Waals surface area contributed by atoms with Gasteiger partial charge in [-0.3, -0.25) is 14.5 Å². The van der Waals surface area contributed by atoms with Crippen LogP contribution in [0.3, 0.4) is 0 Å². The summed E-state index contributed by atoms with van der Waals surface area (Å²) in [4.78, 5) is 28.5. The molecule has 0 atom stereocenters. The van der Waals surface area contributed by atoms with Gasteiger partial charge in [0.25, 0.3) is 0 Å². The van der Waals surface area contributed by atoms with Gasteiger partial charge in [-0.1, -0.05) is 30.3 Å². The molecule has 0 aromatic heterocycles. The standard InChI is InChI=1S/C20H30N4O2/c25-19(22-10-15-23-13-8-21-9-14-23)20(26)24-11-6-18(7-12-24)16-17-4-2-1-3-5-17/h1-5,18,21H,6-16H2,(H,22,25). The normalized spacial score (nSPS) is 19.3. The second kappa shape index (κ2) is 9.69. The Morgan fingerprint density at radius 3 is 2.42 bits per heavy atom. The van der Waals surface area contributed by atoms with E-state index in [4.69, 9.17) is 0 Å². The van der Waals surface area contributed by atoms with Crippen LogP contribution in [0.2, 0.25) is 0 Å². The molecule has 2 amide bonds. The summed E-state index contributed by atoms with van der Waals surface area (Å²) < 4.78 is 0. The summed E-state index contributed by atoms with van der Waals surface area (Å²) in [6, 6.07) is 10.5. The van der Waals surface area contributed by atoms with Gasteiger partial charge >= 0.3 is 11.8 Å². The molecule has 2 fully saturated rings. The maximum Gasteiger partial charge on any atom is 0.311 e. The second-order valence-electron chi connectivity index (χ2n) is 7.27. The van der Waals surface area contributed by atoms with Crippen molar-refractivity contribution in [3.8, 4) is 0 Å². The van der Waals surface area contributed by atoms with Crippen molar-refractivity contribution >= 4 is 11.8 Å². The van der Waals surface area contributed by atoms with Crippen LogP contribution in [0.5, 0.6) is 0 Å². The minimum absolute atomic E-state index is 0.372. The van der Waals surface area contributed by atoms with Gasteiger partial charge < -0.3 is 15.5 Å². The monoisotopic (exact) mass is 358 g/mol. The number of piperazine rings is 1. The van der Waals surface area contributed by atoms with Crippen molar-refractivity contribution in [3.05, 3.63) is 35.9 Å². The molecule has 6 heteroatoms. The highest BCUT2D eigenvalue weighted by molar-refractivity contribution is 6.35. The highest BCUT2D eigenvalue weighted by Crippen LogP contribution is 2.21. The number of nitrogens with one attached hydrogen (secondary N) is 2. The number of rotatable bonds is 5. The fourth-order valence-corrected chi connectivity index (χ4v) is 3.77. The number of amides is 2.